The molecule has 0 unspecified atom stereocenters. The highest BCUT2D eigenvalue weighted by molar-refractivity contribution is 7.99. The predicted octanol–water partition coefficient (Wildman–Crippen LogP) is 1.80. The topological polar surface area (TPSA) is 88.8 Å². The molecule has 0 bridgehead atoms. The van der Waals surface area contributed by atoms with E-state index in [1.54, 1.807) is 6.07 Å². The van der Waals surface area contributed by atoms with Crippen molar-refractivity contribution in [3.05, 3.63) is 17.9 Å². The fourth-order valence-corrected chi connectivity index (χ4v) is 4.80. The lowest BCUT2D eigenvalue weighted by molar-refractivity contribution is -0.124. The average Bonchev–Trinajstić information content (AvgIpc) is 3.19. The summed E-state index contributed by atoms with van der Waals surface area (Å²) in [6.07, 6.45) is -1.73. The molecule has 2 N–H and O–H groups in total. The van der Waals surface area contributed by atoms with Crippen LogP contribution in [0.15, 0.2) is 12.1 Å². The molecule has 0 aliphatic carbocycles. The molecule has 132 valence electrons. The second kappa shape index (κ2) is 6.34. The summed E-state index contributed by atoms with van der Waals surface area (Å²) in [6.45, 7) is 1.75. The van der Waals surface area contributed by atoms with Crippen LogP contribution < -0.4 is 15.5 Å². The van der Waals surface area contributed by atoms with Crippen molar-refractivity contribution in [2.75, 3.05) is 40.9 Å². The van der Waals surface area contributed by atoms with Gasteiger partial charge in [0.25, 0.3) is 5.91 Å². The van der Waals surface area contributed by atoms with Crippen LogP contribution in [0.25, 0.3) is 10.2 Å². The molecule has 1 aromatic heterocycles. The molecule has 2 saturated heterocycles. The summed E-state index contributed by atoms with van der Waals surface area (Å²) >= 11 is 3.29. The van der Waals surface area contributed by atoms with Crippen LogP contribution in [-0.4, -0.2) is 54.2 Å². The molecule has 1 atom stereocenters. The molecule has 2 aliphatic rings. The molecule has 2 amide bonds. The molecule has 3 heterocycles. The minimum atomic E-state index is -1.02. The first-order valence-corrected chi connectivity index (χ1v) is 9.70. The van der Waals surface area contributed by atoms with Gasteiger partial charge in [0.05, 0.1) is 16.9 Å². The lowest BCUT2D eigenvalue weighted by atomic mass is 10.2. The van der Waals surface area contributed by atoms with Gasteiger partial charge in [-0.15, -0.1) is 0 Å². The quantitative estimate of drug-likeness (QED) is 0.871. The van der Waals surface area contributed by atoms with Gasteiger partial charge in [0.1, 0.15) is 5.52 Å². The standard InChI is InChI=1S/C15H15FN4O3S2/c16-9-5-8(20-7-10(13(17)21)23-15(20)22)6-11-12(9)18-14(25-11)19-1-3-24-4-2-19/h5-6,10H,1-4,7H2,(H2,17,21)/t10-/m1/s1. The van der Waals surface area contributed by atoms with Gasteiger partial charge in [0.2, 0.25) is 0 Å². The van der Waals surface area contributed by atoms with Crippen LogP contribution >= 0.6 is 23.1 Å². The van der Waals surface area contributed by atoms with Gasteiger partial charge in [0, 0.05) is 30.7 Å². The summed E-state index contributed by atoms with van der Waals surface area (Å²) in [5.41, 5.74) is 5.80. The number of fused-ring (bicyclic) bond motifs is 1. The molecular formula is C15H15FN4O3S2. The van der Waals surface area contributed by atoms with Crippen molar-refractivity contribution >= 4 is 56.1 Å². The lowest BCUT2D eigenvalue weighted by Gasteiger charge is -2.25. The van der Waals surface area contributed by atoms with Gasteiger partial charge in [0.15, 0.2) is 17.1 Å². The maximum absolute atomic E-state index is 14.5. The van der Waals surface area contributed by atoms with Crippen molar-refractivity contribution in [1.82, 2.24) is 4.98 Å². The Labute approximate surface area is 150 Å². The van der Waals surface area contributed by atoms with Crippen molar-refractivity contribution in [2.24, 2.45) is 5.73 Å². The van der Waals surface area contributed by atoms with Crippen molar-refractivity contribution < 1.29 is 18.7 Å². The van der Waals surface area contributed by atoms with Gasteiger partial charge in [-0.25, -0.2) is 14.2 Å². The summed E-state index contributed by atoms with van der Waals surface area (Å²) in [5, 5.41) is 0.783. The monoisotopic (exact) mass is 382 g/mol. The third-order valence-electron chi connectivity index (χ3n) is 4.14. The number of aromatic nitrogens is 1. The number of benzene rings is 1. The smallest absolute Gasteiger partial charge is 0.415 e. The largest absolute Gasteiger partial charge is 0.434 e. The van der Waals surface area contributed by atoms with E-state index in [2.05, 4.69) is 9.88 Å². The number of carbonyl (C=O) groups is 2. The van der Waals surface area contributed by atoms with Crippen molar-refractivity contribution in [1.29, 1.82) is 0 Å². The van der Waals surface area contributed by atoms with E-state index in [1.807, 2.05) is 11.8 Å². The highest BCUT2D eigenvalue weighted by atomic mass is 32.2. The number of thioether (sulfide) groups is 1. The van der Waals surface area contributed by atoms with E-state index >= 15 is 0 Å². The zero-order valence-electron chi connectivity index (χ0n) is 13.1. The Morgan fingerprint density at radius 3 is 2.80 bits per heavy atom. The number of halogens is 1. The molecule has 0 saturated carbocycles. The van der Waals surface area contributed by atoms with E-state index in [0.29, 0.717) is 15.9 Å². The van der Waals surface area contributed by atoms with E-state index < -0.39 is 23.9 Å². The van der Waals surface area contributed by atoms with Gasteiger partial charge in [-0.2, -0.15) is 11.8 Å². The average molecular weight is 382 g/mol. The highest BCUT2D eigenvalue weighted by Gasteiger charge is 2.36. The van der Waals surface area contributed by atoms with E-state index in [9.17, 15) is 14.0 Å². The molecular weight excluding hydrogens is 367 g/mol. The number of hydrogen-bond acceptors (Lipinski definition) is 7. The van der Waals surface area contributed by atoms with Crippen LogP contribution in [-0.2, 0) is 9.53 Å². The molecule has 2 aliphatic heterocycles. The Bertz CT molecular complexity index is 853. The van der Waals surface area contributed by atoms with Gasteiger partial charge < -0.3 is 15.4 Å². The second-order valence-electron chi connectivity index (χ2n) is 5.76. The fourth-order valence-electron chi connectivity index (χ4n) is 2.83. The Morgan fingerprint density at radius 1 is 1.36 bits per heavy atom. The molecule has 25 heavy (non-hydrogen) atoms. The van der Waals surface area contributed by atoms with Gasteiger partial charge in [-0.1, -0.05) is 11.3 Å². The van der Waals surface area contributed by atoms with Crippen molar-refractivity contribution in [2.45, 2.75) is 6.10 Å². The fraction of sp³-hybridized carbons (Fsp3) is 0.400. The number of anilines is 2. The maximum Gasteiger partial charge on any atom is 0.415 e. The summed E-state index contributed by atoms with van der Waals surface area (Å²) in [4.78, 5) is 30.9. The van der Waals surface area contributed by atoms with Crippen molar-refractivity contribution in [3.63, 3.8) is 0 Å². The van der Waals surface area contributed by atoms with E-state index in [4.69, 9.17) is 10.5 Å². The van der Waals surface area contributed by atoms with Gasteiger partial charge >= 0.3 is 6.09 Å². The summed E-state index contributed by atoms with van der Waals surface area (Å²) in [6, 6.07) is 2.94. The summed E-state index contributed by atoms with van der Waals surface area (Å²) in [7, 11) is 0. The first-order valence-electron chi connectivity index (χ1n) is 7.73. The summed E-state index contributed by atoms with van der Waals surface area (Å²) < 4.78 is 20.1. The maximum atomic E-state index is 14.5. The Kier molecular flexibility index (Phi) is 4.16. The second-order valence-corrected chi connectivity index (χ2v) is 7.99. The minimum absolute atomic E-state index is 0.0197. The van der Waals surface area contributed by atoms with Gasteiger partial charge in [-0.05, 0) is 6.07 Å². The third-order valence-corrected chi connectivity index (χ3v) is 6.15. The van der Waals surface area contributed by atoms with Crippen LogP contribution in [0.4, 0.5) is 20.0 Å². The number of thiazole rings is 1. The Balaban J connectivity index is 1.67. The molecule has 2 aromatic rings. The lowest BCUT2D eigenvalue weighted by Crippen LogP contribution is -2.32. The summed E-state index contributed by atoms with van der Waals surface area (Å²) in [5.74, 6) is 0.826. The molecule has 0 radical (unpaired) electrons. The first-order chi connectivity index (χ1) is 12.0. The molecule has 10 heteroatoms. The Morgan fingerprint density at radius 2 is 2.12 bits per heavy atom. The SMILES string of the molecule is NC(=O)[C@H]1CN(c2cc(F)c3nc(N4CCSCC4)sc3c2)C(=O)O1. The third kappa shape index (κ3) is 2.99. The normalized spacial score (nSPS) is 21.0. The number of ether oxygens (including phenoxy) is 1. The number of primary amides is 1. The number of nitrogens with two attached hydrogens (primary N) is 1. The van der Waals surface area contributed by atoms with Crippen LogP contribution in [0.5, 0.6) is 0 Å². The van der Waals surface area contributed by atoms with E-state index in [0.717, 1.165) is 29.7 Å². The molecule has 2 fully saturated rings. The number of hydrogen-bond donors (Lipinski definition) is 1. The number of cyclic esters (lactones) is 1. The number of nitrogens with zero attached hydrogens (tertiary/aromatic N) is 3. The number of amides is 2. The van der Waals surface area contributed by atoms with Crippen LogP contribution in [0.3, 0.4) is 0 Å². The van der Waals surface area contributed by atoms with E-state index in [1.165, 1.54) is 22.3 Å². The highest BCUT2D eigenvalue weighted by Crippen LogP contribution is 2.35. The Hall–Kier alpha value is -2.07. The van der Waals surface area contributed by atoms with Gasteiger partial charge in [-0.3, -0.25) is 9.69 Å². The van der Waals surface area contributed by atoms with Crippen LogP contribution in [0.1, 0.15) is 0 Å². The van der Waals surface area contributed by atoms with Crippen LogP contribution in [0, 0.1) is 5.82 Å². The first kappa shape index (κ1) is 16.4. The molecule has 7 nitrogen and oxygen atoms in total. The molecule has 0 spiro atoms. The molecule has 1 aromatic carbocycles. The minimum Gasteiger partial charge on any atom is -0.434 e. The number of carbonyl (C=O) groups excluding carboxylic acids is 2. The zero-order valence-corrected chi connectivity index (χ0v) is 14.7. The van der Waals surface area contributed by atoms with Crippen LogP contribution in [0.2, 0.25) is 0 Å². The number of rotatable bonds is 3. The predicted molar refractivity (Wildman–Crippen MR) is 95.9 cm³/mol. The molecule has 4 rings (SSSR count). The van der Waals surface area contributed by atoms with E-state index in [-0.39, 0.29) is 6.54 Å². The van der Waals surface area contributed by atoms with Crippen molar-refractivity contribution in [3.8, 4) is 0 Å². The zero-order chi connectivity index (χ0) is 17.6.